The number of halogens is 2. The topological polar surface area (TPSA) is 94.6 Å². The minimum atomic E-state index is -0.645. The highest BCUT2D eigenvalue weighted by Crippen LogP contribution is 2.33. The molecule has 166 valence electrons. The Bertz CT molecular complexity index is 1180. The average molecular weight is 511 g/mol. The zero-order valence-electron chi connectivity index (χ0n) is 16.8. The van der Waals surface area contributed by atoms with Crippen LogP contribution in [-0.2, 0) is 14.3 Å². The van der Waals surface area contributed by atoms with Crippen molar-refractivity contribution in [3.8, 4) is 11.3 Å². The normalized spacial score (nSPS) is 10.5. The summed E-state index contributed by atoms with van der Waals surface area (Å²) in [5, 5.41) is 5.49. The number of benzene rings is 2. The van der Waals surface area contributed by atoms with E-state index in [-0.39, 0.29) is 28.5 Å². The number of ether oxygens (including phenoxy) is 2. The Hall–Kier alpha value is -2.59. The quantitative estimate of drug-likeness (QED) is 0.334. The van der Waals surface area contributed by atoms with Crippen LogP contribution in [0.1, 0.15) is 20.7 Å². The molecule has 0 unspecified atom stereocenters. The van der Waals surface area contributed by atoms with Crippen LogP contribution in [0.4, 0.5) is 5.69 Å². The number of anilines is 1. The van der Waals surface area contributed by atoms with Crippen molar-refractivity contribution in [3.63, 3.8) is 0 Å². The van der Waals surface area contributed by atoms with Crippen molar-refractivity contribution in [1.29, 1.82) is 0 Å². The van der Waals surface area contributed by atoms with Crippen LogP contribution in [-0.4, -0.2) is 42.8 Å². The molecule has 1 N–H and O–H groups in total. The third-order valence-electron chi connectivity index (χ3n) is 4.14. The standard InChI is InChI=1S/C21H16Cl2N2O5S2/c1-29-19(27)11-3-5-14(20(28)30-2)16(7-11)24-18(26)10-32-21-25-17(9-31-21)13-6-4-12(22)8-15(13)23/h3-9H,10H2,1-2H3,(H,24,26). The lowest BCUT2D eigenvalue weighted by molar-refractivity contribution is -0.113. The van der Waals surface area contributed by atoms with Gasteiger partial charge in [-0.1, -0.05) is 35.0 Å². The summed E-state index contributed by atoms with van der Waals surface area (Å²) >= 11 is 14.8. The number of thioether (sulfide) groups is 1. The highest BCUT2D eigenvalue weighted by molar-refractivity contribution is 8.01. The van der Waals surface area contributed by atoms with Crippen molar-refractivity contribution in [2.45, 2.75) is 4.34 Å². The van der Waals surface area contributed by atoms with Gasteiger partial charge in [0.25, 0.3) is 0 Å². The molecule has 0 atom stereocenters. The number of esters is 2. The zero-order valence-corrected chi connectivity index (χ0v) is 20.0. The maximum atomic E-state index is 12.5. The van der Waals surface area contributed by atoms with Gasteiger partial charge in [-0.3, -0.25) is 4.79 Å². The van der Waals surface area contributed by atoms with Crippen LogP contribution in [0.5, 0.6) is 0 Å². The molecule has 1 amide bonds. The highest BCUT2D eigenvalue weighted by Gasteiger charge is 2.18. The molecule has 11 heteroatoms. The predicted molar refractivity (Wildman–Crippen MR) is 126 cm³/mol. The van der Waals surface area contributed by atoms with Crippen molar-refractivity contribution in [1.82, 2.24) is 4.98 Å². The summed E-state index contributed by atoms with van der Waals surface area (Å²) in [5.74, 6) is -1.59. The van der Waals surface area contributed by atoms with Crippen LogP contribution in [0.25, 0.3) is 11.3 Å². The van der Waals surface area contributed by atoms with Crippen LogP contribution in [0.15, 0.2) is 46.1 Å². The van der Waals surface area contributed by atoms with E-state index in [1.54, 1.807) is 18.2 Å². The first kappa shape index (κ1) is 24.1. The second-order valence-electron chi connectivity index (χ2n) is 6.20. The fourth-order valence-corrected chi connectivity index (χ4v) is 4.77. The second kappa shape index (κ2) is 10.8. The Morgan fingerprint density at radius 2 is 1.81 bits per heavy atom. The summed E-state index contributed by atoms with van der Waals surface area (Å²) in [6, 6.07) is 9.32. The Balaban J connectivity index is 1.70. The number of aromatic nitrogens is 1. The number of thiazole rings is 1. The van der Waals surface area contributed by atoms with Crippen molar-refractivity contribution >= 4 is 69.8 Å². The monoisotopic (exact) mass is 510 g/mol. The molecule has 1 heterocycles. The first-order valence-electron chi connectivity index (χ1n) is 8.96. The largest absolute Gasteiger partial charge is 0.465 e. The Labute approximate surface area is 202 Å². The van der Waals surface area contributed by atoms with Gasteiger partial charge in [-0.2, -0.15) is 0 Å². The summed E-state index contributed by atoms with van der Waals surface area (Å²) in [7, 11) is 2.47. The van der Waals surface area contributed by atoms with E-state index >= 15 is 0 Å². The molecule has 0 fully saturated rings. The van der Waals surface area contributed by atoms with Crippen molar-refractivity contribution in [2.75, 3.05) is 25.3 Å². The number of rotatable bonds is 7. The van der Waals surface area contributed by atoms with Gasteiger partial charge in [0.1, 0.15) is 0 Å². The minimum absolute atomic E-state index is 0.0321. The molecule has 3 rings (SSSR count). The molecule has 0 aliphatic carbocycles. The van der Waals surface area contributed by atoms with Crippen LogP contribution < -0.4 is 5.32 Å². The number of carbonyl (C=O) groups excluding carboxylic acids is 3. The molecule has 3 aromatic rings. The molecule has 2 aromatic carbocycles. The number of carbonyl (C=O) groups is 3. The molecule has 0 aliphatic heterocycles. The number of hydrogen-bond donors (Lipinski definition) is 1. The summed E-state index contributed by atoms with van der Waals surface area (Å²) in [6.07, 6.45) is 0. The fourth-order valence-electron chi connectivity index (χ4n) is 2.64. The maximum Gasteiger partial charge on any atom is 0.339 e. The number of nitrogens with one attached hydrogen (secondary N) is 1. The van der Waals surface area contributed by atoms with Gasteiger partial charge in [0.2, 0.25) is 5.91 Å². The van der Waals surface area contributed by atoms with E-state index in [1.807, 2.05) is 5.38 Å². The van der Waals surface area contributed by atoms with Crippen molar-refractivity contribution in [2.24, 2.45) is 0 Å². The van der Waals surface area contributed by atoms with Gasteiger partial charge >= 0.3 is 11.9 Å². The first-order valence-corrected chi connectivity index (χ1v) is 11.6. The van der Waals surface area contributed by atoms with Gasteiger partial charge in [-0.25, -0.2) is 14.6 Å². The number of methoxy groups -OCH3 is 2. The molecular formula is C21H16Cl2N2O5S2. The third-order valence-corrected chi connectivity index (χ3v) is 6.71. The van der Waals surface area contributed by atoms with E-state index < -0.39 is 11.9 Å². The van der Waals surface area contributed by atoms with E-state index in [0.717, 1.165) is 5.56 Å². The Kier molecular flexibility index (Phi) is 8.14. The lowest BCUT2D eigenvalue weighted by atomic mass is 10.1. The molecule has 32 heavy (non-hydrogen) atoms. The zero-order chi connectivity index (χ0) is 23.3. The fraction of sp³-hybridized carbons (Fsp3) is 0.143. The van der Waals surface area contributed by atoms with Crippen LogP contribution in [0, 0.1) is 0 Å². The van der Waals surface area contributed by atoms with Gasteiger partial charge in [-0.15, -0.1) is 11.3 Å². The first-order chi connectivity index (χ1) is 15.3. The SMILES string of the molecule is COC(=O)c1ccc(C(=O)OC)c(NC(=O)CSc2nc(-c3ccc(Cl)cc3Cl)cs2)c1. The molecule has 0 radical (unpaired) electrons. The molecule has 0 spiro atoms. The van der Waals surface area contributed by atoms with E-state index in [4.69, 9.17) is 27.9 Å². The molecule has 0 saturated heterocycles. The molecular weight excluding hydrogens is 495 g/mol. The third kappa shape index (κ3) is 5.80. The van der Waals surface area contributed by atoms with Gasteiger partial charge in [-0.05, 0) is 36.4 Å². The summed E-state index contributed by atoms with van der Waals surface area (Å²) < 4.78 is 10.1. The van der Waals surface area contributed by atoms with E-state index in [0.29, 0.717) is 20.1 Å². The number of amides is 1. The van der Waals surface area contributed by atoms with Crippen molar-refractivity contribution in [3.05, 3.63) is 63.0 Å². The summed E-state index contributed by atoms with van der Waals surface area (Å²) in [5.41, 5.74) is 1.88. The van der Waals surface area contributed by atoms with E-state index in [2.05, 4.69) is 15.0 Å². The second-order valence-corrected chi connectivity index (χ2v) is 9.13. The molecule has 1 aromatic heterocycles. The molecule has 0 bridgehead atoms. The Morgan fingerprint density at radius 1 is 1.06 bits per heavy atom. The summed E-state index contributed by atoms with van der Waals surface area (Å²) in [4.78, 5) is 40.8. The van der Waals surface area contributed by atoms with Crippen LogP contribution >= 0.6 is 46.3 Å². The van der Waals surface area contributed by atoms with Gasteiger partial charge in [0.05, 0.1) is 47.5 Å². The Morgan fingerprint density at radius 3 is 2.50 bits per heavy atom. The highest BCUT2D eigenvalue weighted by atomic mass is 35.5. The molecule has 0 saturated carbocycles. The van der Waals surface area contributed by atoms with Gasteiger partial charge in [0, 0.05) is 16.0 Å². The smallest absolute Gasteiger partial charge is 0.339 e. The minimum Gasteiger partial charge on any atom is -0.465 e. The lowest BCUT2D eigenvalue weighted by Crippen LogP contribution is -2.18. The summed E-state index contributed by atoms with van der Waals surface area (Å²) in [6.45, 7) is 0. The predicted octanol–water partition coefficient (Wildman–Crippen LogP) is 5.42. The van der Waals surface area contributed by atoms with E-state index in [9.17, 15) is 14.4 Å². The van der Waals surface area contributed by atoms with E-state index in [1.165, 1.54) is 55.5 Å². The number of hydrogen-bond acceptors (Lipinski definition) is 8. The van der Waals surface area contributed by atoms with Crippen LogP contribution in [0.3, 0.4) is 0 Å². The lowest BCUT2D eigenvalue weighted by Gasteiger charge is -2.11. The van der Waals surface area contributed by atoms with Gasteiger partial charge in [0.15, 0.2) is 4.34 Å². The van der Waals surface area contributed by atoms with Crippen molar-refractivity contribution < 1.29 is 23.9 Å². The molecule has 0 aliphatic rings. The average Bonchev–Trinajstić information content (AvgIpc) is 3.25. The number of nitrogens with zero attached hydrogens (tertiary/aromatic N) is 1. The molecule has 7 nitrogen and oxygen atoms in total. The maximum absolute atomic E-state index is 12.5. The van der Waals surface area contributed by atoms with Crippen LogP contribution in [0.2, 0.25) is 10.0 Å². The van der Waals surface area contributed by atoms with Gasteiger partial charge < -0.3 is 14.8 Å².